The number of rotatable bonds is 1. The van der Waals surface area contributed by atoms with Crippen molar-refractivity contribution in [3.05, 3.63) is 0 Å². The zero-order chi connectivity index (χ0) is 8.48. The van der Waals surface area contributed by atoms with Gasteiger partial charge in [0.2, 0.25) is 0 Å². The highest BCUT2D eigenvalue weighted by atomic mass is 32.2. The van der Waals surface area contributed by atoms with Gasteiger partial charge in [-0.3, -0.25) is 0 Å². The average Bonchev–Trinajstić information content (AvgIpc) is 2.34. The summed E-state index contributed by atoms with van der Waals surface area (Å²) in [7, 11) is 0. The molecule has 0 aromatic heterocycles. The first-order valence-electron chi connectivity index (χ1n) is 4.13. The molecule has 0 amide bonds. The summed E-state index contributed by atoms with van der Waals surface area (Å²) in [5, 5.41) is 3.62. The predicted octanol–water partition coefficient (Wildman–Crippen LogP) is 0.895. The Balaban J connectivity index is 2.46. The maximum atomic E-state index is 11.7. The van der Waals surface area contributed by atoms with E-state index in [9.17, 15) is 4.55 Å². The lowest BCUT2D eigenvalue weighted by molar-refractivity contribution is 0.546. The topological polar surface area (TPSA) is 35.1 Å². The van der Waals surface area contributed by atoms with E-state index in [0.29, 0.717) is 5.25 Å². The van der Waals surface area contributed by atoms with Crippen LogP contribution in [0.5, 0.6) is 0 Å². The third-order valence-corrected chi connectivity index (χ3v) is 4.14. The average molecular weight is 175 g/mol. The third kappa shape index (κ3) is 2.36. The van der Waals surface area contributed by atoms with Gasteiger partial charge in [0.1, 0.15) is 10.00 Å². The van der Waals surface area contributed by atoms with Crippen LogP contribution in [0.25, 0.3) is 0 Å². The Labute approximate surface area is 71.9 Å². The van der Waals surface area contributed by atoms with Crippen LogP contribution < -0.4 is 5.32 Å². The highest BCUT2D eigenvalue weighted by Crippen LogP contribution is 2.23. The Bertz CT molecular complexity index is 127. The van der Waals surface area contributed by atoms with Gasteiger partial charge in [-0.1, -0.05) is 0 Å². The Kier molecular flexibility index (Phi) is 2.84. The summed E-state index contributed by atoms with van der Waals surface area (Å²) in [5.74, 6) is 0. The third-order valence-electron chi connectivity index (χ3n) is 1.92. The summed E-state index contributed by atoms with van der Waals surface area (Å²) < 4.78 is 11.7. The fourth-order valence-corrected chi connectivity index (χ4v) is 2.91. The Morgan fingerprint density at radius 1 is 1.45 bits per heavy atom. The molecule has 66 valence electrons. The van der Waals surface area contributed by atoms with Crippen molar-refractivity contribution in [2.45, 2.75) is 37.2 Å². The van der Waals surface area contributed by atoms with Crippen LogP contribution in [0.3, 0.4) is 0 Å². The molecule has 0 saturated carbocycles. The first-order valence-corrected chi connectivity index (χ1v) is 5.34. The lowest BCUT2D eigenvalue weighted by atomic mass is 10.3. The summed E-state index contributed by atoms with van der Waals surface area (Å²) >= 11 is -0.675. The molecular formula is C8H17NOS. The van der Waals surface area contributed by atoms with Gasteiger partial charge in [0, 0.05) is 19.5 Å². The van der Waals surface area contributed by atoms with Gasteiger partial charge < -0.3 is 9.87 Å². The van der Waals surface area contributed by atoms with Crippen molar-refractivity contribution < 1.29 is 4.55 Å². The van der Waals surface area contributed by atoms with E-state index in [1.54, 1.807) is 0 Å². The molecule has 0 radical (unpaired) electrons. The van der Waals surface area contributed by atoms with Crippen molar-refractivity contribution in [1.29, 1.82) is 0 Å². The molecule has 2 atom stereocenters. The van der Waals surface area contributed by atoms with Crippen LogP contribution in [0.2, 0.25) is 0 Å². The molecule has 11 heavy (non-hydrogen) atoms. The monoisotopic (exact) mass is 175 g/mol. The van der Waals surface area contributed by atoms with Crippen molar-refractivity contribution in [2.75, 3.05) is 13.1 Å². The maximum Gasteiger partial charge on any atom is 0.129 e. The molecule has 1 rings (SSSR count). The van der Waals surface area contributed by atoms with Crippen LogP contribution in [-0.4, -0.2) is 27.6 Å². The smallest absolute Gasteiger partial charge is 0.129 e. The summed E-state index contributed by atoms with van der Waals surface area (Å²) in [6.45, 7) is 8.10. The van der Waals surface area contributed by atoms with Crippen LogP contribution >= 0.6 is 0 Å². The van der Waals surface area contributed by atoms with Crippen LogP contribution in [0, 0.1) is 0 Å². The van der Waals surface area contributed by atoms with Crippen LogP contribution in [0.4, 0.5) is 0 Å². The van der Waals surface area contributed by atoms with Gasteiger partial charge in [-0.05, 0) is 31.9 Å². The lowest BCUT2D eigenvalue weighted by Gasteiger charge is -2.28. The number of hydrogen-bond acceptors (Lipinski definition) is 2. The molecule has 1 heterocycles. The first kappa shape index (κ1) is 9.36. The van der Waals surface area contributed by atoms with E-state index in [1.807, 2.05) is 20.8 Å². The highest BCUT2D eigenvalue weighted by molar-refractivity contribution is 7.93. The van der Waals surface area contributed by atoms with Gasteiger partial charge >= 0.3 is 0 Å². The molecule has 1 N–H and O–H groups in total. The molecule has 2 unspecified atom stereocenters. The van der Waals surface area contributed by atoms with Gasteiger partial charge in [-0.25, -0.2) is 0 Å². The molecule has 1 aliphatic rings. The Hall–Kier alpha value is 0.270. The van der Waals surface area contributed by atoms with E-state index < -0.39 is 11.2 Å². The molecule has 1 saturated heterocycles. The zero-order valence-corrected chi connectivity index (χ0v) is 8.33. The first-order chi connectivity index (χ1) is 5.02. The minimum absolute atomic E-state index is 0.0450. The lowest BCUT2D eigenvalue weighted by Crippen LogP contribution is -2.38. The second-order valence-electron chi connectivity index (χ2n) is 4.02. The SMILES string of the molecule is CC(C)(C)[S+]([O-])C1CCNC1. The van der Waals surface area contributed by atoms with Gasteiger partial charge in [0.05, 0.1) is 0 Å². The van der Waals surface area contributed by atoms with Crippen LogP contribution in [-0.2, 0) is 11.2 Å². The van der Waals surface area contributed by atoms with Crippen molar-refractivity contribution in [2.24, 2.45) is 0 Å². The predicted molar refractivity (Wildman–Crippen MR) is 49.2 cm³/mol. The number of nitrogens with one attached hydrogen (secondary N) is 1. The Morgan fingerprint density at radius 2 is 2.09 bits per heavy atom. The fraction of sp³-hybridized carbons (Fsp3) is 1.00. The molecule has 0 aromatic rings. The summed E-state index contributed by atoms with van der Waals surface area (Å²) in [6.07, 6.45) is 1.07. The van der Waals surface area contributed by atoms with Crippen molar-refractivity contribution in [1.82, 2.24) is 5.32 Å². The number of hydrogen-bond donors (Lipinski definition) is 1. The van der Waals surface area contributed by atoms with Crippen LogP contribution in [0.1, 0.15) is 27.2 Å². The highest BCUT2D eigenvalue weighted by Gasteiger charge is 2.35. The molecule has 1 fully saturated rings. The largest absolute Gasteiger partial charge is 0.616 e. The second-order valence-corrected chi connectivity index (χ2v) is 6.51. The van der Waals surface area contributed by atoms with E-state index in [-0.39, 0.29) is 4.75 Å². The van der Waals surface area contributed by atoms with E-state index >= 15 is 0 Å². The molecule has 3 heteroatoms. The van der Waals surface area contributed by atoms with E-state index in [2.05, 4.69) is 5.32 Å². The molecular weight excluding hydrogens is 158 g/mol. The molecule has 0 aromatic carbocycles. The van der Waals surface area contributed by atoms with Gasteiger partial charge in [-0.15, -0.1) is 0 Å². The zero-order valence-electron chi connectivity index (χ0n) is 7.52. The van der Waals surface area contributed by atoms with Crippen molar-refractivity contribution in [3.63, 3.8) is 0 Å². The van der Waals surface area contributed by atoms with E-state index in [4.69, 9.17) is 0 Å². The minimum Gasteiger partial charge on any atom is -0.616 e. The van der Waals surface area contributed by atoms with Crippen molar-refractivity contribution >= 4 is 11.2 Å². The molecule has 0 spiro atoms. The Morgan fingerprint density at radius 3 is 2.45 bits per heavy atom. The van der Waals surface area contributed by atoms with Gasteiger partial charge in [0.15, 0.2) is 0 Å². The summed E-state index contributed by atoms with van der Waals surface area (Å²) in [5.41, 5.74) is 0. The standard InChI is InChI=1S/C8H17NOS/c1-8(2,3)11(10)7-4-5-9-6-7/h7,9H,4-6H2,1-3H3. The summed E-state index contributed by atoms with van der Waals surface area (Å²) in [4.78, 5) is 0. The molecule has 0 bridgehead atoms. The van der Waals surface area contributed by atoms with E-state index in [0.717, 1.165) is 19.5 Å². The van der Waals surface area contributed by atoms with E-state index in [1.165, 1.54) is 0 Å². The fourth-order valence-electron chi connectivity index (χ4n) is 1.31. The summed E-state index contributed by atoms with van der Waals surface area (Å²) in [6, 6.07) is 0. The molecule has 0 aliphatic carbocycles. The maximum absolute atomic E-state index is 11.7. The molecule has 2 nitrogen and oxygen atoms in total. The quantitative estimate of drug-likeness (QED) is 0.601. The van der Waals surface area contributed by atoms with Gasteiger partial charge in [0.25, 0.3) is 0 Å². The second kappa shape index (κ2) is 3.33. The van der Waals surface area contributed by atoms with Crippen molar-refractivity contribution in [3.8, 4) is 0 Å². The normalized spacial score (nSPS) is 28.9. The minimum atomic E-state index is -0.675. The molecule has 1 aliphatic heterocycles. The van der Waals surface area contributed by atoms with Gasteiger partial charge in [-0.2, -0.15) is 0 Å². The van der Waals surface area contributed by atoms with Crippen LogP contribution in [0.15, 0.2) is 0 Å².